The summed E-state index contributed by atoms with van der Waals surface area (Å²) in [5.41, 5.74) is 1.57. The van der Waals surface area contributed by atoms with E-state index in [4.69, 9.17) is 0 Å². The summed E-state index contributed by atoms with van der Waals surface area (Å²) < 4.78 is 55.8. The van der Waals surface area contributed by atoms with E-state index < -0.39 is 22.5 Å². The average Bonchev–Trinajstić information content (AvgIpc) is 2.60. The molecule has 2 aromatic carbocycles. The Labute approximate surface area is 156 Å². The molecule has 9 heteroatoms. The predicted molar refractivity (Wildman–Crippen MR) is 96.5 cm³/mol. The first-order chi connectivity index (χ1) is 12.7. The minimum atomic E-state index is -3.70. The second kappa shape index (κ2) is 8.92. The molecule has 0 aliphatic rings. The van der Waals surface area contributed by atoms with Crippen LogP contribution in [-0.2, 0) is 10.0 Å². The van der Waals surface area contributed by atoms with Crippen molar-refractivity contribution in [3.8, 4) is 5.75 Å². The number of hydrogen-bond donors (Lipinski definition) is 2. The number of amides is 1. The first-order valence-corrected chi connectivity index (χ1v) is 9.57. The third-order valence-corrected chi connectivity index (χ3v) is 5.26. The molecular formula is C18H20F2N2O4S. The maximum atomic E-state index is 12.4. The van der Waals surface area contributed by atoms with E-state index in [1.54, 1.807) is 26.0 Å². The van der Waals surface area contributed by atoms with Crippen LogP contribution in [0, 0.1) is 13.8 Å². The van der Waals surface area contributed by atoms with Crippen molar-refractivity contribution >= 4 is 15.9 Å². The number of carbonyl (C=O) groups excluding carboxylic acids is 1. The standard InChI is InChI=1S/C18H20F2N2O4S/c1-12-6-7-13(2)16(10-12)27(24,25)22-9-8-21-17(23)14-4-3-5-15(11-14)26-18(19)20/h3-7,10-11,18,22H,8-9H2,1-2H3,(H,21,23). The lowest BCUT2D eigenvalue weighted by atomic mass is 10.2. The van der Waals surface area contributed by atoms with Crippen molar-refractivity contribution in [2.45, 2.75) is 25.4 Å². The molecule has 0 heterocycles. The van der Waals surface area contributed by atoms with Gasteiger partial charge in [0.15, 0.2) is 0 Å². The number of rotatable bonds is 8. The van der Waals surface area contributed by atoms with E-state index in [1.165, 1.54) is 24.3 Å². The molecule has 0 aromatic heterocycles. The van der Waals surface area contributed by atoms with Crippen molar-refractivity contribution in [3.05, 3.63) is 59.2 Å². The topological polar surface area (TPSA) is 84.5 Å². The minimum Gasteiger partial charge on any atom is -0.435 e. The van der Waals surface area contributed by atoms with Gasteiger partial charge in [-0.3, -0.25) is 4.79 Å². The van der Waals surface area contributed by atoms with Crippen LogP contribution < -0.4 is 14.8 Å². The Kier molecular flexibility index (Phi) is 6.86. The summed E-state index contributed by atoms with van der Waals surface area (Å²) in [5.74, 6) is -0.658. The van der Waals surface area contributed by atoms with Gasteiger partial charge in [-0.05, 0) is 49.2 Å². The van der Waals surface area contributed by atoms with Crippen LogP contribution in [0.25, 0.3) is 0 Å². The summed E-state index contributed by atoms with van der Waals surface area (Å²) >= 11 is 0. The molecule has 0 unspecified atom stereocenters. The maximum absolute atomic E-state index is 12.4. The normalized spacial score (nSPS) is 11.4. The molecule has 0 atom stereocenters. The van der Waals surface area contributed by atoms with Gasteiger partial charge in [-0.2, -0.15) is 8.78 Å². The number of sulfonamides is 1. The second-order valence-electron chi connectivity index (χ2n) is 5.83. The number of alkyl halides is 2. The smallest absolute Gasteiger partial charge is 0.387 e. The summed E-state index contributed by atoms with van der Waals surface area (Å²) in [4.78, 5) is 12.2. The molecule has 0 saturated heterocycles. The van der Waals surface area contributed by atoms with E-state index >= 15 is 0 Å². The van der Waals surface area contributed by atoms with Crippen LogP contribution in [0.4, 0.5) is 8.78 Å². The van der Waals surface area contributed by atoms with Crippen molar-refractivity contribution in [3.63, 3.8) is 0 Å². The third-order valence-electron chi connectivity index (χ3n) is 3.66. The van der Waals surface area contributed by atoms with Gasteiger partial charge in [0.1, 0.15) is 5.75 Å². The van der Waals surface area contributed by atoms with E-state index in [1.807, 2.05) is 6.07 Å². The number of benzene rings is 2. The predicted octanol–water partition coefficient (Wildman–Crippen LogP) is 2.61. The van der Waals surface area contributed by atoms with Gasteiger partial charge in [0.25, 0.3) is 5.91 Å². The zero-order chi connectivity index (χ0) is 20.0. The van der Waals surface area contributed by atoms with Crippen molar-refractivity contribution in [2.75, 3.05) is 13.1 Å². The minimum absolute atomic E-state index is 0.0192. The SMILES string of the molecule is Cc1ccc(C)c(S(=O)(=O)NCCNC(=O)c2cccc(OC(F)F)c2)c1. The highest BCUT2D eigenvalue weighted by atomic mass is 32.2. The summed E-state index contributed by atoms with van der Waals surface area (Å²) in [5, 5.41) is 2.52. The second-order valence-corrected chi connectivity index (χ2v) is 7.56. The Morgan fingerprint density at radius 1 is 1.11 bits per heavy atom. The van der Waals surface area contributed by atoms with Crippen molar-refractivity contribution in [1.29, 1.82) is 0 Å². The Morgan fingerprint density at radius 2 is 1.85 bits per heavy atom. The van der Waals surface area contributed by atoms with Crippen molar-refractivity contribution < 1.29 is 26.7 Å². The molecule has 0 spiro atoms. The maximum Gasteiger partial charge on any atom is 0.387 e. The molecule has 0 aliphatic carbocycles. The largest absolute Gasteiger partial charge is 0.435 e. The van der Waals surface area contributed by atoms with Gasteiger partial charge in [0, 0.05) is 18.7 Å². The molecule has 0 fully saturated rings. The fourth-order valence-corrected chi connectivity index (χ4v) is 3.71. The lowest BCUT2D eigenvalue weighted by Gasteiger charge is -2.11. The molecule has 1 amide bonds. The van der Waals surface area contributed by atoms with E-state index in [9.17, 15) is 22.0 Å². The monoisotopic (exact) mass is 398 g/mol. The number of halogens is 2. The van der Waals surface area contributed by atoms with E-state index in [0.29, 0.717) is 5.56 Å². The van der Waals surface area contributed by atoms with Gasteiger partial charge in [-0.1, -0.05) is 18.2 Å². The molecule has 2 aromatic rings. The summed E-state index contributed by atoms with van der Waals surface area (Å²) in [7, 11) is -3.70. The summed E-state index contributed by atoms with van der Waals surface area (Å²) in [6, 6.07) is 10.5. The van der Waals surface area contributed by atoms with Gasteiger partial charge in [-0.15, -0.1) is 0 Å². The van der Waals surface area contributed by atoms with Gasteiger partial charge >= 0.3 is 6.61 Å². The quantitative estimate of drug-likeness (QED) is 0.670. The zero-order valence-corrected chi connectivity index (χ0v) is 15.6. The Bertz CT molecular complexity index is 917. The van der Waals surface area contributed by atoms with Gasteiger partial charge in [-0.25, -0.2) is 13.1 Å². The van der Waals surface area contributed by atoms with Crippen molar-refractivity contribution in [2.24, 2.45) is 0 Å². The first kappa shape index (κ1) is 20.8. The molecule has 146 valence electrons. The van der Waals surface area contributed by atoms with E-state index in [-0.39, 0.29) is 29.3 Å². The Hall–Kier alpha value is -2.52. The van der Waals surface area contributed by atoms with Gasteiger partial charge in [0.2, 0.25) is 10.0 Å². The number of carbonyl (C=O) groups is 1. The highest BCUT2D eigenvalue weighted by Crippen LogP contribution is 2.17. The lowest BCUT2D eigenvalue weighted by Crippen LogP contribution is -2.35. The molecule has 0 radical (unpaired) electrons. The number of nitrogens with one attached hydrogen (secondary N) is 2. The van der Waals surface area contributed by atoms with Crippen LogP contribution in [0.2, 0.25) is 0 Å². The lowest BCUT2D eigenvalue weighted by molar-refractivity contribution is -0.0498. The molecule has 2 rings (SSSR count). The van der Waals surface area contributed by atoms with Gasteiger partial charge < -0.3 is 10.1 Å². The third kappa shape index (κ3) is 6.00. The zero-order valence-electron chi connectivity index (χ0n) is 14.8. The molecular weight excluding hydrogens is 378 g/mol. The molecule has 27 heavy (non-hydrogen) atoms. The van der Waals surface area contributed by atoms with Crippen LogP contribution in [0.5, 0.6) is 5.75 Å². The first-order valence-electron chi connectivity index (χ1n) is 8.09. The van der Waals surface area contributed by atoms with E-state index in [0.717, 1.165) is 5.56 Å². The van der Waals surface area contributed by atoms with Crippen LogP contribution in [-0.4, -0.2) is 34.0 Å². The van der Waals surface area contributed by atoms with E-state index in [2.05, 4.69) is 14.8 Å². The van der Waals surface area contributed by atoms with Crippen LogP contribution >= 0.6 is 0 Å². The summed E-state index contributed by atoms with van der Waals surface area (Å²) in [6.45, 7) is 0.523. The highest BCUT2D eigenvalue weighted by Gasteiger charge is 2.16. The fraction of sp³-hybridized carbons (Fsp3) is 0.278. The van der Waals surface area contributed by atoms with Crippen molar-refractivity contribution in [1.82, 2.24) is 10.0 Å². The van der Waals surface area contributed by atoms with Gasteiger partial charge in [0.05, 0.1) is 4.90 Å². The molecule has 0 bridgehead atoms. The average molecular weight is 398 g/mol. The van der Waals surface area contributed by atoms with Crippen LogP contribution in [0.1, 0.15) is 21.5 Å². The fourth-order valence-electron chi connectivity index (χ4n) is 2.35. The number of hydrogen-bond acceptors (Lipinski definition) is 4. The molecule has 6 nitrogen and oxygen atoms in total. The number of aryl methyl sites for hydroxylation is 2. The molecule has 0 aliphatic heterocycles. The molecule has 2 N–H and O–H groups in total. The highest BCUT2D eigenvalue weighted by molar-refractivity contribution is 7.89. The Balaban J connectivity index is 1.91. The summed E-state index contributed by atoms with van der Waals surface area (Å²) in [6.07, 6.45) is 0. The number of ether oxygens (including phenoxy) is 1. The molecule has 0 saturated carbocycles. The van der Waals surface area contributed by atoms with Crippen LogP contribution in [0.15, 0.2) is 47.4 Å². The van der Waals surface area contributed by atoms with Crippen LogP contribution in [0.3, 0.4) is 0 Å². The Morgan fingerprint density at radius 3 is 2.56 bits per heavy atom.